The van der Waals surface area contributed by atoms with Gasteiger partial charge in [-0.15, -0.1) is 4.98 Å². The molecule has 7 nitrogen and oxygen atoms in total. The number of nitrogens with one attached hydrogen (secondary N) is 1. The molecule has 0 fully saturated rings. The highest BCUT2D eigenvalue weighted by Gasteiger charge is 2.07. The van der Waals surface area contributed by atoms with Crippen molar-refractivity contribution >= 4 is 5.95 Å². The first-order chi connectivity index (χ1) is 8.80. The Bertz CT molecular complexity index is 349. The van der Waals surface area contributed by atoms with E-state index in [4.69, 9.17) is 14.2 Å². The van der Waals surface area contributed by atoms with Gasteiger partial charge in [0.05, 0.1) is 13.7 Å². The summed E-state index contributed by atoms with van der Waals surface area (Å²) in [7, 11) is 1.50. The van der Waals surface area contributed by atoms with E-state index in [0.29, 0.717) is 25.8 Å². The number of hydrogen-bond acceptors (Lipinski definition) is 7. The van der Waals surface area contributed by atoms with Gasteiger partial charge in [0.15, 0.2) is 0 Å². The van der Waals surface area contributed by atoms with Gasteiger partial charge in [0.1, 0.15) is 6.61 Å². The molecular weight excluding hydrogens is 236 g/mol. The lowest BCUT2D eigenvalue weighted by Gasteiger charge is -2.08. The van der Waals surface area contributed by atoms with Gasteiger partial charge in [-0.1, -0.05) is 6.92 Å². The molecule has 0 aromatic carbocycles. The molecule has 1 rings (SSSR count). The van der Waals surface area contributed by atoms with Crippen LogP contribution in [0.3, 0.4) is 0 Å². The number of nitrogens with zero attached hydrogens (tertiary/aromatic N) is 3. The maximum absolute atomic E-state index is 5.36. The second-order valence-corrected chi connectivity index (χ2v) is 3.40. The molecule has 0 aliphatic carbocycles. The molecule has 0 aliphatic rings. The number of methoxy groups -OCH3 is 1. The van der Waals surface area contributed by atoms with Crippen LogP contribution in [0.25, 0.3) is 0 Å². The SMILES string of the molecule is CCCNc1nc(OC)nc(OCCOCC)n1. The summed E-state index contributed by atoms with van der Waals surface area (Å²) in [5, 5.41) is 3.06. The number of hydrogen-bond donors (Lipinski definition) is 1. The third-order valence-corrected chi connectivity index (χ3v) is 1.97. The monoisotopic (exact) mass is 256 g/mol. The Balaban J connectivity index is 2.58. The van der Waals surface area contributed by atoms with E-state index >= 15 is 0 Å². The fraction of sp³-hybridized carbons (Fsp3) is 0.727. The molecule has 1 N–H and O–H groups in total. The van der Waals surface area contributed by atoms with E-state index in [1.807, 2.05) is 6.92 Å². The maximum atomic E-state index is 5.36. The average Bonchev–Trinajstić information content (AvgIpc) is 2.41. The van der Waals surface area contributed by atoms with Crippen molar-refractivity contribution < 1.29 is 14.2 Å². The molecule has 0 amide bonds. The van der Waals surface area contributed by atoms with E-state index in [9.17, 15) is 0 Å². The molecule has 1 aromatic rings. The number of aromatic nitrogens is 3. The lowest BCUT2D eigenvalue weighted by molar-refractivity contribution is 0.106. The molecule has 0 spiro atoms. The van der Waals surface area contributed by atoms with Gasteiger partial charge in [0.2, 0.25) is 5.95 Å². The van der Waals surface area contributed by atoms with E-state index in [0.717, 1.165) is 13.0 Å². The molecule has 0 radical (unpaired) electrons. The second-order valence-electron chi connectivity index (χ2n) is 3.40. The first kappa shape index (κ1) is 14.4. The fourth-order valence-corrected chi connectivity index (χ4v) is 1.15. The van der Waals surface area contributed by atoms with Gasteiger partial charge in [-0.2, -0.15) is 9.97 Å². The molecule has 0 bridgehead atoms. The van der Waals surface area contributed by atoms with Crippen LogP contribution in [0.2, 0.25) is 0 Å². The quantitative estimate of drug-likeness (QED) is 0.663. The fourth-order valence-electron chi connectivity index (χ4n) is 1.15. The van der Waals surface area contributed by atoms with Crippen LogP contribution < -0.4 is 14.8 Å². The van der Waals surface area contributed by atoms with Crippen molar-refractivity contribution in [1.29, 1.82) is 0 Å². The minimum Gasteiger partial charge on any atom is -0.467 e. The molecule has 7 heteroatoms. The third-order valence-electron chi connectivity index (χ3n) is 1.97. The first-order valence-electron chi connectivity index (χ1n) is 6.04. The van der Waals surface area contributed by atoms with Gasteiger partial charge in [-0.05, 0) is 13.3 Å². The zero-order valence-electron chi connectivity index (χ0n) is 11.1. The molecule has 0 aliphatic heterocycles. The Hall–Kier alpha value is -1.63. The Kier molecular flexibility index (Phi) is 6.78. The Morgan fingerprint density at radius 1 is 1.06 bits per heavy atom. The summed E-state index contributed by atoms with van der Waals surface area (Å²) in [5.41, 5.74) is 0. The lowest BCUT2D eigenvalue weighted by atomic mass is 10.5. The maximum Gasteiger partial charge on any atom is 0.324 e. The van der Waals surface area contributed by atoms with Gasteiger partial charge in [-0.3, -0.25) is 0 Å². The van der Waals surface area contributed by atoms with E-state index in [1.165, 1.54) is 7.11 Å². The lowest BCUT2D eigenvalue weighted by Crippen LogP contribution is -2.11. The summed E-state index contributed by atoms with van der Waals surface area (Å²) in [6.07, 6.45) is 0.981. The summed E-state index contributed by atoms with van der Waals surface area (Å²) in [5.74, 6) is 0.454. The summed E-state index contributed by atoms with van der Waals surface area (Å²) in [6, 6.07) is 0.468. The smallest absolute Gasteiger partial charge is 0.324 e. The van der Waals surface area contributed by atoms with E-state index in [-0.39, 0.29) is 12.0 Å². The van der Waals surface area contributed by atoms with Crippen LogP contribution in [0, 0.1) is 0 Å². The molecule has 0 saturated carbocycles. The van der Waals surface area contributed by atoms with Gasteiger partial charge in [-0.25, -0.2) is 0 Å². The Morgan fingerprint density at radius 2 is 1.83 bits per heavy atom. The molecule has 102 valence electrons. The summed E-state index contributed by atoms with van der Waals surface area (Å²) >= 11 is 0. The van der Waals surface area contributed by atoms with Crippen molar-refractivity contribution in [1.82, 2.24) is 15.0 Å². The second kappa shape index (κ2) is 8.46. The van der Waals surface area contributed by atoms with Gasteiger partial charge >= 0.3 is 12.0 Å². The Labute approximate surface area is 107 Å². The zero-order chi connectivity index (χ0) is 13.2. The average molecular weight is 256 g/mol. The van der Waals surface area contributed by atoms with Crippen molar-refractivity contribution in [3.8, 4) is 12.0 Å². The van der Waals surface area contributed by atoms with Crippen LogP contribution in [0.1, 0.15) is 20.3 Å². The van der Waals surface area contributed by atoms with Crippen molar-refractivity contribution in [3.05, 3.63) is 0 Å². The van der Waals surface area contributed by atoms with Gasteiger partial charge < -0.3 is 19.5 Å². The number of ether oxygens (including phenoxy) is 3. The van der Waals surface area contributed by atoms with Crippen LogP contribution >= 0.6 is 0 Å². The molecule has 1 heterocycles. The van der Waals surface area contributed by atoms with Crippen LogP contribution in [0.15, 0.2) is 0 Å². The zero-order valence-corrected chi connectivity index (χ0v) is 11.1. The molecule has 0 atom stereocenters. The molecule has 18 heavy (non-hydrogen) atoms. The molecule has 0 unspecified atom stereocenters. The van der Waals surface area contributed by atoms with Crippen LogP contribution in [0.5, 0.6) is 12.0 Å². The predicted octanol–water partition coefficient (Wildman–Crippen LogP) is 1.12. The summed E-state index contributed by atoms with van der Waals surface area (Å²) in [6.45, 7) is 6.33. The highest BCUT2D eigenvalue weighted by Crippen LogP contribution is 2.12. The largest absolute Gasteiger partial charge is 0.467 e. The highest BCUT2D eigenvalue weighted by atomic mass is 16.5. The molecule has 0 saturated heterocycles. The molecule has 1 aromatic heterocycles. The van der Waals surface area contributed by atoms with E-state index in [2.05, 4.69) is 27.2 Å². The summed E-state index contributed by atoms with van der Waals surface area (Å²) in [4.78, 5) is 12.2. The minimum absolute atomic E-state index is 0.231. The van der Waals surface area contributed by atoms with Crippen molar-refractivity contribution in [3.63, 3.8) is 0 Å². The standard InChI is InChI=1S/C11H20N4O3/c1-4-6-12-9-13-10(16-3)15-11(14-9)18-8-7-17-5-2/h4-8H2,1-3H3,(H,12,13,14,15). The van der Waals surface area contributed by atoms with Crippen LogP contribution in [-0.2, 0) is 4.74 Å². The van der Waals surface area contributed by atoms with Gasteiger partial charge in [0, 0.05) is 13.2 Å². The number of rotatable bonds is 9. The predicted molar refractivity (Wildman–Crippen MR) is 67.1 cm³/mol. The van der Waals surface area contributed by atoms with E-state index in [1.54, 1.807) is 0 Å². The number of anilines is 1. The topological polar surface area (TPSA) is 78.4 Å². The van der Waals surface area contributed by atoms with Crippen molar-refractivity contribution in [2.45, 2.75) is 20.3 Å². The van der Waals surface area contributed by atoms with Crippen LogP contribution in [-0.4, -0.2) is 48.4 Å². The molecular formula is C11H20N4O3. The highest BCUT2D eigenvalue weighted by molar-refractivity contribution is 5.27. The van der Waals surface area contributed by atoms with Crippen molar-refractivity contribution in [2.75, 3.05) is 38.8 Å². The third kappa shape index (κ3) is 5.13. The summed E-state index contributed by atoms with van der Waals surface area (Å²) < 4.78 is 15.5. The minimum atomic E-state index is 0.231. The van der Waals surface area contributed by atoms with Crippen molar-refractivity contribution in [2.24, 2.45) is 0 Å². The Morgan fingerprint density at radius 3 is 2.50 bits per heavy atom. The first-order valence-corrected chi connectivity index (χ1v) is 6.04. The van der Waals surface area contributed by atoms with Gasteiger partial charge in [0.25, 0.3) is 0 Å². The normalized spacial score (nSPS) is 10.2. The van der Waals surface area contributed by atoms with Crippen LogP contribution in [0.4, 0.5) is 5.95 Å². The van der Waals surface area contributed by atoms with E-state index < -0.39 is 0 Å².